The highest BCUT2D eigenvalue weighted by atomic mass is 16.5. The van der Waals surface area contributed by atoms with Crippen molar-refractivity contribution in [2.45, 2.75) is 25.4 Å². The summed E-state index contributed by atoms with van der Waals surface area (Å²) in [5.41, 5.74) is 0. The molecule has 0 aromatic rings. The average Bonchev–Trinajstić information content (AvgIpc) is 2.31. The lowest BCUT2D eigenvalue weighted by atomic mass is 10.1. The van der Waals surface area contributed by atoms with E-state index in [0.717, 1.165) is 32.1 Å². The molecule has 86 valence electrons. The van der Waals surface area contributed by atoms with Gasteiger partial charge in [0, 0.05) is 26.7 Å². The molecule has 1 heterocycles. The summed E-state index contributed by atoms with van der Waals surface area (Å²) in [5.74, 6) is 0.809. The van der Waals surface area contributed by atoms with Crippen LogP contribution >= 0.6 is 0 Å². The molecule has 1 aliphatic heterocycles. The van der Waals surface area contributed by atoms with Crippen LogP contribution in [-0.2, 0) is 4.74 Å². The zero-order chi connectivity index (χ0) is 10.9. The summed E-state index contributed by atoms with van der Waals surface area (Å²) >= 11 is 0. The van der Waals surface area contributed by atoms with Gasteiger partial charge in [-0.15, -0.1) is 6.58 Å². The van der Waals surface area contributed by atoms with Crippen LogP contribution in [0.25, 0.3) is 0 Å². The Kier molecular flexibility index (Phi) is 5.85. The fourth-order valence-corrected chi connectivity index (χ4v) is 1.57. The normalized spacial score (nSPS) is 22.2. The van der Waals surface area contributed by atoms with Crippen molar-refractivity contribution in [2.24, 2.45) is 4.99 Å². The van der Waals surface area contributed by atoms with Gasteiger partial charge in [0.25, 0.3) is 0 Å². The highest BCUT2D eigenvalue weighted by Crippen LogP contribution is 2.11. The number of guanidine groups is 1. The molecule has 1 atom stereocenters. The maximum Gasteiger partial charge on any atom is 0.191 e. The van der Waals surface area contributed by atoms with Crippen molar-refractivity contribution in [1.29, 1.82) is 0 Å². The Morgan fingerprint density at radius 2 is 2.40 bits per heavy atom. The molecule has 2 N–H and O–H groups in total. The number of hydrogen-bond acceptors (Lipinski definition) is 2. The number of ether oxygens (including phenoxy) is 1. The van der Waals surface area contributed by atoms with Crippen LogP contribution in [0.3, 0.4) is 0 Å². The van der Waals surface area contributed by atoms with E-state index in [9.17, 15) is 0 Å². The first-order valence-electron chi connectivity index (χ1n) is 5.54. The molecule has 0 aliphatic carbocycles. The summed E-state index contributed by atoms with van der Waals surface area (Å²) in [5, 5.41) is 6.36. The first-order valence-corrected chi connectivity index (χ1v) is 5.54. The lowest BCUT2D eigenvalue weighted by Crippen LogP contribution is -2.42. The topological polar surface area (TPSA) is 45.7 Å². The molecule has 0 bridgehead atoms. The molecule has 1 aliphatic rings. The summed E-state index contributed by atoms with van der Waals surface area (Å²) in [7, 11) is 1.76. The van der Waals surface area contributed by atoms with Gasteiger partial charge >= 0.3 is 0 Å². The van der Waals surface area contributed by atoms with Crippen molar-refractivity contribution < 1.29 is 4.74 Å². The van der Waals surface area contributed by atoms with Crippen molar-refractivity contribution >= 4 is 5.96 Å². The number of aliphatic imine (C=N–C) groups is 1. The van der Waals surface area contributed by atoms with E-state index < -0.39 is 0 Å². The minimum absolute atomic E-state index is 0.334. The molecule has 1 unspecified atom stereocenters. The summed E-state index contributed by atoms with van der Waals surface area (Å²) in [6, 6.07) is 0. The fourth-order valence-electron chi connectivity index (χ4n) is 1.57. The van der Waals surface area contributed by atoms with E-state index >= 15 is 0 Å². The second-order valence-electron chi connectivity index (χ2n) is 3.61. The van der Waals surface area contributed by atoms with Crippen molar-refractivity contribution in [3.63, 3.8) is 0 Å². The molecule has 0 saturated carbocycles. The van der Waals surface area contributed by atoms with Crippen molar-refractivity contribution in [3.05, 3.63) is 12.7 Å². The van der Waals surface area contributed by atoms with Crippen molar-refractivity contribution in [1.82, 2.24) is 10.6 Å². The molecule has 1 fully saturated rings. The van der Waals surface area contributed by atoms with Gasteiger partial charge in [-0.1, -0.05) is 6.08 Å². The minimum atomic E-state index is 0.334. The third-order valence-corrected chi connectivity index (χ3v) is 2.41. The van der Waals surface area contributed by atoms with Gasteiger partial charge in [0.05, 0.1) is 6.10 Å². The number of nitrogens with one attached hydrogen (secondary N) is 2. The van der Waals surface area contributed by atoms with E-state index in [-0.39, 0.29) is 0 Å². The van der Waals surface area contributed by atoms with Crippen LogP contribution in [0.2, 0.25) is 0 Å². The monoisotopic (exact) mass is 211 g/mol. The van der Waals surface area contributed by atoms with Gasteiger partial charge in [0.15, 0.2) is 5.96 Å². The SMILES string of the molecule is C=CCNC(=NC)NCC1CCCCO1. The Bertz CT molecular complexity index is 210. The lowest BCUT2D eigenvalue weighted by molar-refractivity contribution is 0.0194. The second-order valence-corrected chi connectivity index (χ2v) is 3.61. The average molecular weight is 211 g/mol. The molecular weight excluding hydrogens is 190 g/mol. The Morgan fingerprint density at radius 3 is 3.00 bits per heavy atom. The van der Waals surface area contributed by atoms with Gasteiger partial charge in [0.2, 0.25) is 0 Å². The number of hydrogen-bond donors (Lipinski definition) is 2. The van der Waals surface area contributed by atoms with E-state index in [4.69, 9.17) is 4.74 Å². The standard InChI is InChI=1S/C11H21N3O/c1-3-7-13-11(12-2)14-9-10-6-4-5-8-15-10/h3,10H,1,4-9H2,2H3,(H2,12,13,14). The quantitative estimate of drug-likeness (QED) is 0.413. The number of rotatable bonds is 4. The third kappa shape index (κ3) is 4.83. The summed E-state index contributed by atoms with van der Waals surface area (Å²) in [6.45, 7) is 6.10. The van der Waals surface area contributed by atoms with Crippen LogP contribution < -0.4 is 10.6 Å². The fraction of sp³-hybridized carbons (Fsp3) is 0.727. The smallest absolute Gasteiger partial charge is 0.191 e. The maximum absolute atomic E-state index is 5.61. The van der Waals surface area contributed by atoms with Crippen molar-refractivity contribution in [2.75, 3.05) is 26.7 Å². The Balaban J connectivity index is 2.18. The Labute approximate surface area is 91.8 Å². The molecule has 0 spiro atoms. The summed E-state index contributed by atoms with van der Waals surface area (Å²) in [4.78, 5) is 4.10. The molecule has 4 heteroatoms. The minimum Gasteiger partial charge on any atom is -0.376 e. The van der Waals surface area contributed by atoms with Gasteiger partial charge in [-0.25, -0.2) is 0 Å². The molecule has 1 rings (SSSR count). The first-order chi connectivity index (χ1) is 7.36. The summed E-state index contributed by atoms with van der Waals surface area (Å²) in [6.07, 6.45) is 5.75. The van der Waals surface area contributed by atoms with E-state index in [0.29, 0.717) is 6.10 Å². The molecule has 0 aromatic heterocycles. The van der Waals surface area contributed by atoms with Crippen LogP contribution in [0.5, 0.6) is 0 Å². The van der Waals surface area contributed by atoms with Crippen LogP contribution in [0.4, 0.5) is 0 Å². The van der Waals surface area contributed by atoms with Gasteiger partial charge in [-0.05, 0) is 19.3 Å². The van der Waals surface area contributed by atoms with Crippen molar-refractivity contribution in [3.8, 4) is 0 Å². The van der Waals surface area contributed by atoms with Gasteiger partial charge in [-0.2, -0.15) is 0 Å². The Morgan fingerprint density at radius 1 is 1.53 bits per heavy atom. The molecule has 1 saturated heterocycles. The Hall–Kier alpha value is -1.03. The summed E-state index contributed by atoms with van der Waals surface area (Å²) < 4.78 is 5.61. The van der Waals surface area contributed by atoms with Crippen LogP contribution in [0.1, 0.15) is 19.3 Å². The third-order valence-electron chi connectivity index (χ3n) is 2.41. The van der Waals surface area contributed by atoms with E-state index in [1.807, 2.05) is 6.08 Å². The largest absolute Gasteiger partial charge is 0.376 e. The van der Waals surface area contributed by atoms with Gasteiger partial charge < -0.3 is 15.4 Å². The highest BCUT2D eigenvalue weighted by Gasteiger charge is 2.13. The molecule has 4 nitrogen and oxygen atoms in total. The molecule has 0 amide bonds. The lowest BCUT2D eigenvalue weighted by Gasteiger charge is -2.23. The highest BCUT2D eigenvalue weighted by molar-refractivity contribution is 5.79. The zero-order valence-corrected chi connectivity index (χ0v) is 9.46. The molecular formula is C11H21N3O. The predicted molar refractivity (Wildman–Crippen MR) is 63.2 cm³/mol. The molecule has 0 aromatic carbocycles. The van der Waals surface area contributed by atoms with E-state index in [2.05, 4.69) is 22.2 Å². The number of nitrogens with zero attached hydrogens (tertiary/aromatic N) is 1. The molecule has 0 radical (unpaired) electrons. The van der Waals surface area contributed by atoms with Crippen LogP contribution in [0, 0.1) is 0 Å². The van der Waals surface area contributed by atoms with Gasteiger partial charge in [-0.3, -0.25) is 4.99 Å². The molecule has 15 heavy (non-hydrogen) atoms. The van der Waals surface area contributed by atoms with E-state index in [1.54, 1.807) is 7.05 Å². The second kappa shape index (κ2) is 7.29. The zero-order valence-electron chi connectivity index (χ0n) is 9.46. The predicted octanol–water partition coefficient (Wildman–Crippen LogP) is 0.906. The van der Waals surface area contributed by atoms with Gasteiger partial charge in [0.1, 0.15) is 0 Å². The van der Waals surface area contributed by atoms with E-state index in [1.165, 1.54) is 12.8 Å². The first kappa shape index (κ1) is 12.0. The van der Waals surface area contributed by atoms with Crippen LogP contribution in [0.15, 0.2) is 17.6 Å². The van der Waals surface area contributed by atoms with Crippen LogP contribution in [-0.4, -0.2) is 38.8 Å². The maximum atomic E-state index is 5.61.